The Morgan fingerprint density at radius 1 is 0.725 bits per heavy atom. The minimum absolute atomic E-state index is 0.00463. The van der Waals surface area contributed by atoms with Crippen molar-refractivity contribution in [2.24, 2.45) is 11.8 Å². The summed E-state index contributed by atoms with van der Waals surface area (Å²) in [7, 11) is 7.14. The highest BCUT2D eigenvalue weighted by Gasteiger charge is 2.40. The molecule has 0 aromatic heterocycles. The monoisotopic (exact) mass is 602 g/mol. The van der Waals surface area contributed by atoms with Crippen molar-refractivity contribution in [1.29, 1.82) is 0 Å². The van der Waals surface area contributed by atoms with Gasteiger partial charge in [0.05, 0.1) is 54.5 Å². The fraction of sp³-hybridized carbons (Fsp3) is 0.739. The molecule has 0 aliphatic heterocycles. The van der Waals surface area contributed by atoms with Crippen LogP contribution in [0, 0.1) is 11.8 Å². The summed E-state index contributed by atoms with van der Waals surface area (Å²) in [4.78, 5) is 59.2. The van der Waals surface area contributed by atoms with Crippen molar-refractivity contribution in [1.82, 2.24) is 0 Å². The molecule has 1 fully saturated rings. The lowest BCUT2D eigenvalue weighted by Gasteiger charge is -1.99. The van der Waals surface area contributed by atoms with Gasteiger partial charge in [0.25, 0.3) is 0 Å². The highest BCUT2D eigenvalue weighted by molar-refractivity contribution is 5.75. The Balaban J connectivity index is -0.000000123. The Bertz CT molecular complexity index is 676. The van der Waals surface area contributed by atoms with E-state index >= 15 is 0 Å². The van der Waals surface area contributed by atoms with Gasteiger partial charge in [-0.15, -0.1) is 0 Å². The summed E-state index contributed by atoms with van der Waals surface area (Å²) < 4.78 is 79.0. The SMILES string of the molecule is CCC(=O)OC.COC(=O)C(C)C.COC(=O)C(F)(F)F.COC(=O)C(F)F.COC(=O)C1CC1.COC(C)=O. The fourth-order valence-electron chi connectivity index (χ4n) is 1.07. The molecule has 0 aromatic carbocycles. The lowest BCUT2D eigenvalue weighted by Crippen LogP contribution is -2.23. The van der Waals surface area contributed by atoms with E-state index in [2.05, 4.69) is 28.4 Å². The first-order valence-electron chi connectivity index (χ1n) is 11.1. The predicted molar refractivity (Wildman–Crippen MR) is 128 cm³/mol. The first kappa shape index (κ1) is 46.3. The first-order chi connectivity index (χ1) is 18.3. The second kappa shape index (κ2) is 28.5. The van der Waals surface area contributed by atoms with Gasteiger partial charge >= 0.3 is 48.4 Å². The molecule has 12 nitrogen and oxygen atoms in total. The number of esters is 6. The normalized spacial score (nSPS) is 10.7. The van der Waals surface area contributed by atoms with Crippen molar-refractivity contribution in [3.05, 3.63) is 0 Å². The van der Waals surface area contributed by atoms with E-state index in [9.17, 15) is 50.7 Å². The molecule has 0 N–H and O–H groups in total. The Hall–Kier alpha value is -3.53. The van der Waals surface area contributed by atoms with Crippen molar-refractivity contribution in [2.75, 3.05) is 42.7 Å². The zero-order valence-electron chi connectivity index (χ0n) is 24.1. The molecule has 238 valence electrons. The molecule has 0 atom stereocenters. The fourth-order valence-corrected chi connectivity index (χ4v) is 1.07. The molecule has 0 amide bonds. The molecule has 0 unspecified atom stereocenters. The quantitative estimate of drug-likeness (QED) is 0.263. The molecule has 40 heavy (non-hydrogen) atoms. The minimum atomic E-state index is -4.85. The molecule has 0 radical (unpaired) electrons. The summed E-state index contributed by atoms with van der Waals surface area (Å²) in [5.74, 6) is -3.99. The summed E-state index contributed by atoms with van der Waals surface area (Å²) in [6.45, 7) is 6.71. The number of halogens is 5. The van der Waals surface area contributed by atoms with Crippen molar-refractivity contribution in [3.63, 3.8) is 0 Å². The number of alkyl halides is 5. The third-order valence-electron chi connectivity index (χ3n) is 3.38. The molecule has 0 heterocycles. The van der Waals surface area contributed by atoms with Gasteiger partial charge in [-0.1, -0.05) is 20.8 Å². The van der Waals surface area contributed by atoms with Gasteiger partial charge in [-0.05, 0) is 12.8 Å². The van der Waals surface area contributed by atoms with Crippen LogP contribution < -0.4 is 0 Å². The minimum Gasteiger partial charge on any atom is -0.469 e. The van der Waals surface area contributed by atoms with Crippen LogP contribution in [0.3, 0.4) is 0 Å². The van der Waals surface area contributed by atoms with E-state index in [1.807, 2.05) is 0 Å². The van der Waals surface area contributed by atoms with E-state index in [1.165, 1.54) is 35.4 Å². The molecule has 0 bridgehead atoms. The largest absolute Gasteiger partial charge is 0.490 e. The Morgan fingerprint density at radius 3 is 1.15 bits per heavy atom. The van der Waals surface area contributed by atoms with Crippen molar-refractivity contribution < 1.29 is 79.1 Å². The maximum absolute atomic E-state index is 11.0. The molecule has 0 aromatic rings. The summed E-state index contributed by atoms with van der Waals surface area (Å²) in [6, 6.07) is 0. The maximum Gasteiger partial charge on any atom is 0.490 e. The van der Waals surface area contributed by atoms with Gasteiger partial charge in [0.1, 0.15) is 0 Å². The zero-order valence-corrected chi connectivity index (χ0v) is 24.1. The second-order valence-electron chi connectivity index (χ2n) is 6.91. The molecular formula is C23H39F5O12. The topological polar surface area (TPSA) is 158 Å². The molecule has 1 rings (SSSR count). The maximum atomic E-state index is 11.0. The molecule has 0 spiro atoms. The number of carbonyl (C=O) groups is 6. The molecular weight excluding hydrogens is 563 g/mol. The third-order valence-corrected chi connectivity index (χ3v) is 3.38. The van der Waals surface area contributed by atoms with E-state index in [4.69, 9.17) is 0 Å². The zero-order chi connectivity index (χ0) is 33.1. The van der Waals surface area contributed by atoms with Crippen LogP contribution in [0.1, 0.15) is 47.0 Å². The van der Waals surface area contributed by atoms with Gasteiger partial charge in [0.2, 0.25) is 0 Å². The first-order valence-corrected chi connectivity index (χ1v) is 11.1. The van der Waals surface area contributed by atoms with Crippen LogP contribution in [0.15, 0.2) is 0 Å². The van der Waals surface area contributed by atoms with Crippen LogP contribution in [0.2, 0.25) is 0 Å². The van der Waals surface area contributed by atoms with Gasteiger partial charge in [-0.3, -0.25) is 19.2 Å². The van der Waals surface area contributed by atoms with Crippen LogP contribution in [0.25, 0.3) is 0 Å². The number of ether oxygens (including phenoxy) is 6. The van der Waals surface area contributed by atoms with E-state index < -0.39 is 24.5 Å². The third kappa shape index (κ3) is 39.0. The Kier molecular flexibility index (Phi) is 33.0. The number of hydrogen-bond donors (Lipinski definition) is 0. The summed E-state index contributed by atoms with van der Waals surface area (Å²) in [6.07, 6.45) is -5.31. The van der Waals surface area contributed by atoms with Crippen molar-refractivity contribution in [3.8, 4) is 0 Å². The summed E-state index contributed by atoms with van der Waals surface area (Å²) in [5, 5.41) is 0. The molecule has 0 saturated heterocycles. The van der Waals surface area contributed by atoms with Gasteiger partial charge in [0.15, 0.2) is 0 Å². The smallest absolute Gasteiger partial charge is 0.469 e. The average molecular weight is 603 g/mol. The lowest BCUT2D eigenvalue weighted by atomic mass is 10.2. The molecule has 1 aliphatic rings. The summed E-state index contributed by atoms with van der Waals surface area (Å²) in [5.41, 5.74) is 0. The Labute approximate surface area is 229 Å². The molecule has 17 heteroatoms. The number of methoxy groups -OCH3 is 6. The molecule has 1 saturated carbocycles. The van der Waals surface area contributed by atoms with Crippen LogP contribution in [-0.2, 0) is 57.2 Å². The average Bonchev–Trinajstić information content (AvgIpc) is 3.77. The van der Waals surface area contributed by atoms with Crippen molar-refractivity contribution >= 4 is 35.8 Å². The van der Waals surface area contributed by atoms with E-state index in [1.54, 1.807) is 20.8 Å². The van der Waals surface area contributed by atoms with Crippen LogP contribution >= 0.6 is 0 Å². The lowest BCUT2D eigenvalue weighted by molar-refractivity contribution is -0.196. The van der Waals surface area contributed by atoms with Gasteiger partial charge in [-0.25, -0.2) is 9.59 Å². The molecule has 1 aliphatic carbocycles. The van der Waals surface area contributed by atoms with E-state index in [0.29, 0.717) is 13.5 Å². The number of carbonyl (C=O) groups excluding carboxylic acids is 6. The highest BCUT2D eigenvalue weighted by Crippen LogP contribution is 2.29. The summed E-state index contributed by atoms with van der Waals surface area (Å²) >= 11 is 0. The highest BCUT2D eigenvalue weighted by atomic mass is 19.4. The van der Waals surface area contributed by atoms with Crippen LogP contribution in [0.5, 0.6) is 0 Å². The second-order valence-corrected chi connectivity index (χ2v) is 6.91. The van der Waals surface area contributed by atoms with Gasteiger partial charge < -0.3 is 28.4 Å². The number of hydrogen-bond acceptors (Lipinski definition) is 12. The van der Waals surface area contributed by atoms with Gasteiger partial charge in [0, 0.05) is 13.3 Å². The van der Waals surface area contributed by atoms with Crippen LogP contribution in [-0.4, -0.2) is 91.1 Å². The van der Waals surface area contributed by atoms with Crippen LogP contribution in [0.4, 0.5) is 22.0 Å². The number of rotatable bonds is 4. The van der Waals surface area contributed by atoms with Gasteiger partial charge in [-0.2, -0.15) is 22.0 Å². The van der Waals surface area contributed by atoms with E-state index in [-0.39, 0.29) is 35.7 Å². The van der Waals surface area contributed by atoms with Crippen molar-refractivity contribution in [2.45, 2.75) is 59.6 Å². The van der Waals surface area contributed by atoms with E-state index in [0.717, 1.165) is 20.0 Å². The predicted octanol–water partition coefficient (Wildman–Crippen LogP) is 3.28. The Morgan fingerprint density at radius 2 is 1.12 bits per heavy atom. The standard InChI is InChI=1S/C5H8O2.C5H10O2.C4H8O2.C3H3F3O2.C3H4F2O2.C3H6O2/c1-7-5(6)4-2-3-4;1-4(2)5(6)7-3;1-3-4(5)6-2;1-8-2(7)3(4,5)6;1-7-3(6)2(4)5;1-3(4)5-2/h4H,2-3H2,1H3;4H,1-3H3;3H2,1-2H3;1H3;2H,1H3;1-2H3.